The molecule has 0 atom stereocenters. The molecule has 0 spiro atoms. The maximum atomic E-state index is 11.5. The summed E-state index contributed by atoms with van der Waals surface area (Å²) >= 11 is 0. The Morgan fingerprint density at radius 3 is 2.55 bits per heavy atom. The maximum Gasteiger partial charge on any atom is 0.333 e. The van der Waals surface area contributed by atoms with Crippen LogP contribution in [-0.2, 0) is 9.53 Å². The zero-order valence-corrected chi connectivity index (χ0v) is 12.3. The van der Waals surface area contributed by atoms with Crippen molar-refractivity contribution in [1.82, 2.24) is 0 Å². The second-order valence-electron chi connectivity index (χ2n) is 4.45. The molecule has 1 aromatic carbocycles. The fourth-order valence-corrected chi connectivity index (χ4v) is 1.74. The molecule has 0 bridgehead atoms. The average molecular weight is 270 g/mol. The summed E-state index contributed by atoms with van der Waals surface area (Å²) in [7, 11) is 0. The number of rotatable bonds is 7. The van der Waals surface area contributed by atoms with Crippen LogP contribution in [0.15, 0.2) is 60.2 Å². The van der Waals surface area contributed by atoms with Gasteiger partial charge in [0.15, 0.2) is 0 Å². The number of esters is 1. The summed E-state index contributed by atoms with van der Waals surface area (Å²) in [5, 5.41) is 0. The van der Waals surface area contributed by atoms with Gasteiger partial charge in [-0.15, -0.1) is 0 Å². The van der Waals surface area contributed by atoms with Crippen LogP contribution in [0.4, 0.5) is 0 Å². The predicted octanol–water partition coefficient (Wildman–Crippen LogP) is 4.55. The van der Waals surface area contributed by atoms with Crippen LogP contribution in [0.3, 0.4) is 0 Å². The largest absolute Gasteiger partial charge is 0.463 e. The van der Waals surface area contributed by atoms with E-state index < -0.39 is 0 Å². The monoisotopic (exact) mass is 270 g/mol. The van der Waals surface area contributed by atoms with Gasteiger partial charge < -0.3 is 4.74 Å². The summed E-state index contributed by atoms with van der Waals surface area (Å²) in [4.78, 5) is 11.5. The molecule has 0 amide bonds. The van der Waals surface area contributed by atoms with E-state index in [1.807, 2.05) is 48.6 Å². The van der Waals surface area contributed by atoms with E-state index in [9.17, 15) is 4.79 Å². The van der Waals surface area contributed by atoms with Crippen molar-refractivity contribution in [1.29, 1.82) is 0 Å². The summed E-state index contributed by atoms with van der Waals surface area (Å²) in [5.74, 6) is -0.307. The van der Waals surface area contributed by atoms with Crippen LogP contribution < -0.4 is 0 Å². The van der Waals surface area contributed by atoms with Gasteiger partial charge in [-0.1, -0.05) is 67.6 Å². The van der Waals surface area contributed by atoms with E-state index in [0.29, 0.717) is 18.6 Å². The highest BCUT2D eigenvalue weighted by molar-refractivity contribution is 5.88. The molecule has 0 aliphatic rings. The number of carbonyl (C=O) groups excluding carboxylic acids is 1. The third kappa shape index (κ3) is 5.70. The van der Waals surface area contributed by atoms with E-state index in [4.69, 9.17) is 4.74 Å². The first-order chi connectivity index (χ1) is 9.67. The first-order valence-electron chi connectivity index (χ1n) is 6.93. The van der Waals surface area contributed by atoms with Gasteiger partial charge >= 0.3 is 5.97 Å². The molecule has 0 saturated carbocycles. The maximum absolute atomic E-state index is 11.5. The Morgan fingerprint density at radius 1 is 1.25 bits per heavy atom. The van der Waals surface area contributed by atoms with Gasteiger partial charge in [-0.25, -0.2) is 4.79 Å². The van der Waals surface area contributed by atoms with Gasteiger partial charge in [0.1, 0.15) is 0 Å². The van der Waals surface area contributed by atoms with E-state index in [1.165, 1.54) is 0 Å². The minimum Gasteiger partial charge on any atom is -0.463 e. The molecule has 0 aliphatic heterocycles. The van der Waals surface area contributed by atoms with Crippen molar-refractivity contribution in [3.63, 3.8) is 0 Å². The minimum atomic E-state index is -0.307. The Bertz CT molecular complexity index is 495. The van der Waals surface area contributed by atoms with E-state index in [-0.39, 0.29) is 5.97 Å². The third-order valence-electron chi connectivity index (χ3n) is 2.88. The average Bonchev–Trinajstić information content (AvgIpc) is 2.47. The molecule has 0 heterocycles. The normalized spacial score (nSPS) is 11.6. The first kappa shape index (κ1) is 16.0. The highest BCUT2D eigenvalue weighted by Gasteiger charge is 2.08. The van der Waals surface area contributed by atoms with Crippen molar-refractivity contribution in [2.45, 2.75) is 26.7 Å². The van der Waals surface area contributed by atoms with Gasteiger partial charge in [-0.05, 0) is 18.9 Å². The predicted molar refractivity (Wildman–Crippen MR) is 84.2 cm³/mol. The van der Waals surface area contributed by atoms with Gasteiger partial charge in [0, 0.05) is 12.0 Å². The Morgan fingerprint density at radius 2 is 1.95 bits per heavy atom. The van der Waals surface area contributed by atoms with Crippen molar-refractivity contribution in [3.05, 3.63) is 65.8 Å². The van der Waals surface area contributed by atoms with Crippen LogP contribution in [0.25, 0.3) is 6.08 Å². The lowest BCUT2D eigenvalue weighted by molar-refractivity contribution is -0.138. The standard InChI is InChI=1S/C18H22O2/c1-4-16(14-15(3)18(19)20-5-2)12-9-13-17-10-7-6-8-11-17/h6-13H,3-5,14H2,1-2H3/b13-9+,16-12-. The number of carbonyl (C=O) groups is 1. The molecule has 0 N–H and O–H groups in total. The molecule has 2 heteroatoms. The molecule has 0 aromatic heterocycles. The molecule has 0 fully saturated rings. The fourth-order valence-electron chi connectivity index (χ4n) is 1.74. The molecule has 1 aromatic rings. The van der Waals surface area contributed by atoms with Crippen molar-refractivity contribution in [3.8, 4) is 0 Å². The van der Waals surface area contributed by atoms with Crippen molar-refractivity contribution < 1.29 is 9.53 Å². The van der Waals surface area contributed by atoms with E-state index >= 15 is 0 Å². The molecular weight excluding hydrogens is 248 g/mol. The van der Waals surface area contributed by atoms with Crippen LogP contribution in [0, 0.1) is 0 Å². The molecule has 2 nitrogen and oxygen atoms in total. The summed E-state index contributed by atoms with van der Waals surface area (Å²) in [6.45, 7) is 8.04. The third-order valence-corrected chi connectivity index (χ3v) is 2.88. The quantitative estimate of drug-likeness (QED) is 0.413. The van der Waals surface area contributed by atoms with Crippen LogP contribution in [-0.4, -0.2) is 12.6 Å². The van der Waals surface area contributed by atoms with Gasteiger partial charge in [0.05, 0.1) is 6.61 Å². The van der Waals surface area contributed by atoms with Crippen molar-refractivity contribution in [2.75, 3.05) is 6.61 Å². The molecule has 1 rings (SSSR count). The Balaban J connectivity index is 2.62. The second kappa shape index (κ2) is 8.92. The molecule has 0 unspecified atom stereocenters. The van der Waals surface area contributed by atoms with Crippen LogP contribution in [0.5, 0.6) is 0 Å². The van der Waals surface area contributed by atoms with Crippen LogP contribution in [0.2, 0.25) is 0 Å². The fraction of sp³-hybridized carbons (Fsp3) is 0.278. The second-order valence-corrected chi connectivity index (χ2v) is 4.45. The molecule has 106 valence electrons. The van der Waals surface area contributed by atoms with Crippen LogP contribution in [0.1, 0.15) is 32.3 Å². The summed E-state index contributed by atoms with van der Waals surface area (Å²) in [5.41, 5.74) is 2.83. The highest BCUT2D eigenvalue weighted by Crippen LogP contribution is 2.15. The number of hydrogen-bond donors (Lipinski definition) is 0. The van der Waals surface area contributed by atoms with E-state index in [1.54, 1.807) is 6.92 Å². The Hall–Kier alpha value is -2.09. The number of hydrogen-bond acceptors (Lipinski definition) is 2. The zero-order valence-electron chi connectivity index (χ0n) is 12.3. The first-order valence-corrected chi connectivity index (χ1v) is 6.93. The molecular formula is C18H22O2. The van der Waals surface area contributed by atoms with Crippen molar-refractivity contribution >= 4 is 12.0 Å². The van der Waals surface area contributed by atoms with Gasteiger partial charge in [-0.3, -0.25) is 0 Å². The van der Waals surface area contributed by atoms with Gasteiger partial charge in [0.2, 0.25) is 0 Å². The summed E-state index contributed by atoms with van der Waals surface area (Å²) in [6, 6.07) is 10.1. The zero-order chi connectivity index (χ0) is 14.8. The summed E-state index contributed by atoms with van der Waals surface area (Å²) in [6.07, 6.45) is 7.54. The molecule has 0 radical (unpaired) electrons. The minimum absolute atomic E-state index is 0.307. The Kier molecular flexibility index (Phi) is 7.12. The van der Waals surface area contributed by atoms with Gasteiger partial charge in [-0.2, -0.15) is 0 Å². The highest BCUT2D eigenvalue weighted by atomic mass is 16.5. The van der Waals surface area contributed by atoms with E-state index in [0.717, 1.165) is 17.6 Å². The van der Waals surface area contributed by atoms with Crippen molar-refractivity contribution in [2.24, 2.45) is 0 Å². The molecule has 0 aliphatic carbocycles. The van der Waals surface area contributed by atoms with Crippen LogP contribution >= 0.6 is 0 Å². The lowest BCUT2D eigenvalue weighted by atomic mass is 10.0. The molecule has 20 heavy (non-hydrogen) atoms. The Labute approximate surface area is 121 Å². The lowest BCUT2D eigenvalue weighted by Crippen LogP contribution is -2.07. The number of allylic oxidation sites excluding steroid dienone is 3. The van der Waals surface area contributed by atoms with E-state index in [2.05, 4.69) is 13.5 Å². The SMILES string of the molecule is C=C(C/C(=C\C=C\c1ccccc1)CC)C(=O)OCC. The number of benzene rings is 1. The van der Waals surface area contributed by atoms with Gasteiger partial charge in [0.25, 0.3) is 0 Å². The number of ether oxygens (including phenoxy) is 1. The lowest BCUT2D eigenvalue weighted by Gasteiger charge is -2.06. The smallest absolute Gasteiger partial charge is 0.333 e. The summed E-state index contributed by atoms with van der Waals surface area (Å²) < 4.78 is 4.94. The topological polar surface area (TPSA) is 26.3 Å². The molecule has 0 saturated heterocycles.